The second kappa shape index (κ2) is 12.7. The van der Waals surface area contributed by atoms with Gasteiger partial charge in [0, 0.05) is 31.1 Å². The van der Waals surface area contributed by atoms with Crippen LogP contribution in [0, 0.1) is 11.8 Å². The van der Waals surface area contributed by atoms with Crippen LogP contribution in [-0.4, -0.2) is 58.0 Å². The monoisotopic (exact) mass is 468 g/mol. The summed E-state index contributed by atoms with van der Waals surface area (Å²) in [5.74, 6) is 2.83. The van der Waals surface area contributed by atoms with Crippen LogP contribution in [0.1, 0.15) is 102 Å². The molecule has 0 atom stereocenters. The molecule has 1 amide bonds. The molecule has 0 bridgehead atoms. The number of fused-ring (bicyclic) bond motifs is 1. The maximum Gasteiger partial charge on any atom is 0.253 e. The predicted molar refractivity (Wildman–Crippen MR) is 144 cm³/mol. The fourth-order valence-corrected chi connectivity index (χ4v) is 4.91. The Labute approximate surface area is 207 Å². The molecule has 1 aliphatic rings. The highest BCUT2D eigenvalue weighted by Gasteiger charge is 2.20. The number of benzene rings is 1. The first kappa shape index (κ1) is 26.7. The van der Waals surface area contributed by atoms with Gasteiger partial charge in [-0.2, -0.15) is 0 Å². The first-order valence-corrected chi connectivity index (χ1v) is 13.8. The Balaban J connectivity index is 1.81. The van der Waals surface area contributed by atoms with E-state index in [0.717, 1.165) is 67.9 Å². The molecule has 1 saturated heterocycles. The van der Waals surface area contributed by atoms with Crippen LogP contribution >= 0.6 is 0 Å². The van der Waals surface area contributed by atoms with Crippen molar-refractivity contribution < 1.29 is 4.79 Å². The van der Waals surface area contributed by atoms with Crippen molar-refractivity contribution in [1.29, 1.82) is 0 Å². The Bertz CT molecular complexity index is 896. The molecule has 1 fully saturated rings. The minimum atomic E-state index is 0.162. The zero-order valence-corrected chi connectivity index (χ0v) is 22.6. The van der Waals surface area contributed by atoms with Gasteiger partial charge in [-0.05, 0) is 81.8 Å². The average Bonchev–Trinajstić information content (AvgIpc) is 3.17. The smallest absolute Gasteiger partial charge is 0.253 e. The maximum atomic E-state index is 13.6. The van der Waals surface area contributed by atoms with Crippen molar-refractivity contribution >= 4 is 16.9 Å². The summed E-state index contributed by atoms with van der Waals surface area (Å²) in [6, 6.07) is 6.14. The number of amides is 1. The highest BCUT2D eigenvalue weighted by Crippen LogP contribution is 2.25. The van der Waals surface area contributed by atoms with Gasteiger partial charge in [0.1, 0.15) is 5.82 Å². The number of aryl methyl sites for hydroxylation is 1. The van der Waals surface area contributed by atoms with E-state index in [1.807, 2.05) is 6.07 Å². The molecule has 2 aromatic rings. The van der Waals surface area contributed by atoms with Crippen molar-refractivity contribution in [2.24, 2.45) is 11.8 Å². The maximum absolute atomic E-state index is 13.6. The summed E-state index contributed by atoms with van der Waals surface area (Å²) < 4.78 is 2.38. The van der Waals surface area contributed by atoms with Crippen LogP contribution in [0.25, 0.3) is 11.0 Å². The van der Waals surface area contributed by atoms with Gasteiger partial charge in [0.05, 0.1) is 11.0 Å². The van der Waals surface area contributed by atoms with E-state index in [4.69, 9.17) is 4.98 Å². The van der Waals surface area contributed by atoms with Gasteiger partial charge in [-0.25, -0.2) is 4.98 Å². The van der Waals surface area contributed by atoms with Gasteiger partial charge in [-0.1, -0.05) is 48.0 Å². The van der Waals surface area contributed by atoms with E-state index in [0.29, 0.717) is 17.8 Å². The van der Waals surface area contributed by atoms with E-state index in [-0.39, 0.29) is 5.91 Å². The van der Waals surface area contributed by atoms with Crippen LogP contribution in [0.5, 0.6) is 0 Å². The largest absolute Gasteiger partial charge is 0.339 e. The Morgan fingerprint density at radius 1 is 0.941 bits per heavy atom. The van der Waals surface area contributed by atoms with Crippen LogP contribution in [0.3, 0.4) is 0 Å². The number of carbonyl (C=O) groups excluding carboxylic acids is 1. The summed E-state index contributed by atoms with van der Waals surface area (Å²) >= 11 is 0. The normalized spacial score (nSPS) is 15.2. The predicted octanol–water partition coefficient (Wildman–Crippen LogP) is 6.57. The number of hydrogen-bond donors (Lipinski definition) is 0. The van der Waals surface area contributed by atoms with Crippen molar-refractivity contribution in [2.75, 3.05) is 32.7 Å². The molecule has 1 aromatic heterocycles. The summed E-state index contributed by atoms with van der Waals surface area (Å²) in [5.41, 5.74) is 2.92. The van der Waals surface area contributed by atoms with E-state index < -0.39 is 0 Å². The molecule has 3 rings (SSSR count). The second-order valence-corrected chi connectivity index (χ2v) is 11.4. The number of piperidine rings is 1. The first-order chi connectivity index (χ1) is 16.3. The molecule has 2 heterocycles. The zero-order chi connectivity index (χ0) is 24.7. The number of likely N-dealkylation sites (tertiary alicyclic amines) is 1. The van der Waals surface area contributed by atoms with Crippen LogP contribution < -0.4 is 0 Å². The fraction of sp³-hybridized carbons (Fsp3) is 0.724. The number of aromatic nitrogens is 2. The summed E-state index contributed by atoms with van der Waals surface area (Å²) in [5, 5.41) is 0. The summed E-state index contributed by atoms with van der Waals surface area (Å²) in [6.07, 6.45) is 7.25. The van der Waals surface area contributed by atoms with E-state index in [2.05, 4.69) is 68.0 Å². The summed E-state index contributed by atoms with van der Waals surface area (Å²) in [7, 11) is 0. The quantitative estimate of drug-likeness (QED) is 0.354. The lowest BCUT2D eigenvalue weighted by Crippen LogP contribution is -2.34. The van der Waals surface area contributed by atoms with Crippen molar-refractivity contribution in [3.05, 3.63) is 29.6 Å². The van der Waals surface area contributed by atoms with E-state index in [1.54, 1.807) is 0 Å². The van der Waals surface area contributed by atoms with E-state index >= 15 is 0 Å². The van der Waals surface area contributed by atoms with Crippen LogP contribution in [0.2, 0.25) is 0 Å². The van der Waals surface area contributed by atoms with Crippen molar-refractivity contribution in [3.63, 3.8) is 0 Å². The van der Waals surface area contributed by atoms with Crippen LogP contribution in [-0.2, 0) is 6.54 Å². The molecule has 0 aliphatic carbocycles. The molecule has 190 valence electrons. The third-order valence-electron chi connectivity index (χ3n) is 7.09. The molecular weight excluding hydrogens is 420 g/mol. The van der Waals surface area contributed by atoms with Crippen LogP contribution in [0.4, 0.5) is 0 Å². The lowest BCUT2D eigenvalue weighted by molar-refractivity contribution is 0.0741. The number of nitrogens with zero attached hydrogens (tertiary/aromatic N) is 4. The van der Waals surface area contributed by atoms with Crippen molar-refractivity contribution in [1.82, 2.24) is 19.4 Å². The van der Waals surface area contributed by atoms with Crippen LogP contribution in [0.15, 0.2) is 18.2 Å². The van der Waals surface area contributed by atoms with Crippen molar-refractivity contribution in [2.45, 2.75) is 92.5 Å². The number of hydrogen-bond acceptors (Lipinski definition) is 3. The molecule has 0 radical (unpaired) electrons. The number of carbonyl (C=O) groups is 1. The second-order valence-electron chi connectivity index (χ2n) is 11.4. The molecule has 0 N–H and O–H groups in total. The Morgan fingerprint density at radius 2 is 1.59 bits per heavy atom. The van der Waals surface area contributed by atoms with Gasteiger partial charge >= 0.3 is 0 Å². The zero-order valence-electron chi connectivity index (χ0n) is 22.6. The third-order valence-corrected chi connectivity index (χ3v) is 7.09. The molecule has 5 heteroatoms. The average molecular weight is 469 g/mol. The topological polar surface area (TPSA) is 41.4 Å². The Morgan fingerprint density at radius 3 is 2.18 bits per heavy atom. The number of rotatable bonds is 12. The van der Waals surface area contributed by atoms with Gasteiger partial charge in [0.15, 0.2) is 0 Å². The Hall–Kier alpha value is -1.88. The van der Waals surface area contributed by atoms with Gasteiger partial charge in [0.2, 0.25) is 0 Å². The number of imidazole rings is 1. The van der Waals surface area contributed by atoms with Gasteiger partial charge < -0.3 is 14.4 Å². The lowest BCUT2D eigenvalue weighted by atomic mass is 10.1. The minimum Gasteiger partial charge on any atom is -0.339 e. The molecule has 34 heavy (non-hydrogen) atoms. The molecule has 0 spiro atoms. The first-order valence-electron chi connectivity index (χ1n) is 13.8. The Kier molecular flexibility index (Phi) is 9.99. The summed E-state index contributed by atoms with van der Waals surface area (Å²) in [4.78, 5) is 23.2. The molecule has 1 aromatic carbocycles. The highest BCUT2D eigenvalue weighted by atomic mass is 16.2. The molecule has 0 unspecified atom stereocenters. The minimum absolute atomic E-state index is 0.162. The molecule has 1 aliphatic heterocycles. The SMILES string of the molecule is CC(C)CCN(CCC(C)C)C(=O)c1ccc2nc(C(C)C)n(CCCN3CCCCC3)c2c1. The van der Waals surface area contributed by atoms with E-state index in [1.165, 1.54) is 32.4 Å². The molecular formula is C29H48N4O. The standard InChI is InChI=1S/C29H48N4O/c1-22(2)13-19-32(20-14-23(3)4)29(34)25-11-12-26-27(21-25)33(28(30-26)24(5)6)18-10-17-31-15-8-7-9-16-31/h11-12,21-24H,7-10,13-20H2,1-6H3. The molecule has 5 nitrogen and oxygen atoms in total. The fourth-order valence-electron chi connectivity index (χ4n) is 4.91. The third kappa shape index (κ3) is 7.31. The van der Waals surface area contributed by atoms with Crippen molar-refractivity contribution in [3.8, 4) is 0 Å². The van der Waals surface area contributed by atoms with Gasteiger partial charge in [-0.15, -0.1) is 0 Å². The summed E-state index contributed by atoms with van der Waals surface area (Å²) in [6.45, 7) is 19.6. The van der Waals surface area contributed by atoms with Gasteiger partial charge in [0.25, 0.3) is 5.91 Å². The highest BCUT2D eigenvalue weighted by molar-refractivity contribution is 5.97. The lowest BCUT2D eigenvalue weighted by Gasteiger charge is -2.26. The van der Waals surface area contributed by atoms with Gasteiger partial charge in [-0.3, -0.25) is 4.79 Å². The molecule has 0 saturated carbocycles. The van der Waals surface area contributed by atoms with E-state index in [9.17, 15) is 4.79 Å².